The summed E-state index contributed by atoms with van der Waals surface area (Å²) in [5.41, 5.74) is -0.350. The maximum Gasteiger partial charge on any atom is 0.319 e. The molecule has 0 aromatic carbocycles. The molecule has 3 amide bonds. The summed E-state index contributed by atoms with van der Waals surface area (Å²) >= 11 is 0. The van der Waals surface area contributed by atoms with E-state index in [1.54, 1.807) is 4.31 Å². The van der Waals surface area contributed by atoms with E-state index in [1.165, 1.54) is 12.5 Å². The van der Waals surface area contributed by atoms with Crippen molar-refractivity contribution in [3.05, 3.63) is 12.7 Å². The maximum absolute atomic E-state index is 13.6. The summed E-state index contributed by atoms with van der Waals surface area (Å²) in [5.74, 6) is -0.193. The first-order valence-electron chi connectivity index (χ1n) is 11.8. The van der Waals surface area contributed by atoms with Crippen molar-refractivity contribution in [1.82, 2.24) is 19.4 Å². The van der Waals surface area contributed by atoms with Gasteiger partial charge in [0, 0.05) is 44.3 Å². The lowest BCUT2D eigenvalue weighted by Gasteiger charge is -2.55. The maximum atomic E-state index is 13.6. The fourth-order valence-corrected chi connectivity index (χ4v) is 8.13. The summed E-state index contributed by atoms with van der Waals surface area (Å²) < 4.78 is 29.0. The zero-order valence-electron chi connectivity index (χ0n) is 18.4. The van der Waals surface area contributed by atoms with Crippen LogP contribution >= 0.6 is 0 Å². The van der Waals surface area contributed by atoms with Crippen LogP contribution in [0, 0.1) is 0 Å². The number of carbonyl (C=O) groups excluding carboxylic acids is 2. The lowest BCUT2D eigenvalue weighted by molar-refractivity contribution is -0.117. The standard InChI is InChI=1S/C22H36N4O4S/c1-2-20(27)23-18-7-16-26(22(17-18)10-6-11-22)31(29,30)19-8-14-25(15-9-19)21(28)24-12-4-3-5-13-24/h2,18-19H,1,3-17H2,(H,23,27). The molecule has 1 saturated carbocycles. The van der Waals surface area contributed by atoms with Crippen LogP contribution in [0.15, 0.2) is 12.7 Å². The number of hydrogen-bond acceptors (Lipinski definition) is 4. The third-order valence-corrected chi connectivity index (χ3v) is 10.2. The molecule has 0 aromatic rings. The summed E-state index contributed by atoms with van der Waals surface area (Å²) in [4.78, 5) is 28.3. The number of amides is 3. The molecule has 0 aromatic heterocycles. The highest BCUT2D eigenvalue weighted by Gasteiger charge is 2.53. The molecule has 0 bridgehead atoms. The van der Waals surface area contributed by atoms with Crippen molar-refractivity contribution in [3.63, 3.8) is 0 Å². The zero-order chi connectivity index (χ0) is 22.1. The van der Waals surface area contributed by atoms with Gasteiger partial charge in [0.1, 0.15) is 0 Å². The molecule has 174 valence electrons. The predicted octanol–water partition coefficient (Wildman–Crippen LogP) is 2.08. The van der Waals surface area contributed by atoms with E-state index in [1.807, 2.05) is 9.80 Å². The van der Waals surface area contributed by atoms with Gasteiger partial charge in [-0.3, -0.25) is 4.79 Å². The van der Waals surface area contributed by atoms with Crippen LogP contribution < -0.4 is 5.32 Å². The van der Waals surface area contributed by atoms with Gasteiger partial charge in [0.25, 0.3) is 0 Å². The smallest absolute Gasteiger partial charge is 0.319 e. The van der Waals surface area contributed by atoms with E-state index < -0.39 is 15.3 Å². The molecule has 3 saturated heterocycles. The zero-order valence-corrected chi connectivity index (χ0v) is 19.2. The minimum atomic E-state index is -3.44. The minimum Gasteiger partial charge on any atom is -0.350 e. The number of urea groups is 1. The molecule has 1 atom stereocenters. The van der Waals surface area contributed by atoms with Gasteiger partial charge >= 0.3 is 6.03 Å². The third-order valence-electron chi connectivity index (χ3n) is 7.72. The van der Waals surface area contributed by atoms with Crippen molar-refractivity contribution < 1.29 is 18.0 Å². The van der Waals surface area contributed by atoms with E-state index in [9.17, 15) is 18.0 Å². The van der Waals surface area contributed by atoms with Gasteiger partial charge in [-0.1, -0.05) is 6.58 Å². The molecule has 8 nitrogen and oxygen atoms in total. The van der Waals surface area contributed by atoms with E-state index in [0.29, 0.717) is 45.3 Å². The Kier molecular flexibility index (Phi) is 6.62. The van der Waals surface area contributed by atoms with E-state index in [0.717, 1.165) is 45.2 Å². The van der Waals surface area contributed by atoms with Gasteiger partial charge in [0.05, 0.1) is 5.25 Å². The SMILES string of the molecule is C=CC(=O)NC1CCN(S(=O)(=O)C2CCN(C(=O)N3CCCCC3)CC2)C2(CCC2)C1. The molecule has 31 heavy (non-hydrogen) atoms. The van der Waals surface area contributed by atoms with Crippen molar-refractivity contribution in [2.75, 3.05) is 32.7 Å². The van der Waals surface area contributed by atoms with Gasteiger partial charge in [0.15, 0.2) is 0 Å². The highest BCUT2D eigenvalue weighted by Crippen LogP contribution is 2.47. The van der Waals surface area contributed by atoms with Crippen molar-refractivity contribution in [3.8, 4) is 0 Å². The van der Waals surface area contributed by atoms with E-state index in [2.05, 4.69) is 11.9 Å². The molecule has 1 spiro atoms. The molecule has 3 aliphatic heterocycles. The number of nitrogens with one attached hydrogen (secondary N) is 1. The summed E-state index contributed by atoms with van der Waals surface area (Å²) in [6.07, 6.45) is 9.63. The van der Waals surface area contributed by atoms with Crippen molar-refractivity contribution in [2.45, 2.75) is 81.0 Å². The lowest BCUT2D eigenvalue weighted by Crippen LogP contribution is -2.65. The number of hydrogen-bond donors (Lipinski definition) is 1. The van der Waals surface area contributed by atoms with Crippen molar-refractivity contribution in [1.29, 1.82) is 0 Å². The van der Waals surface area contributed by atoms with E-state index in [-0.39, 0.29) is 23.5 Å². The molecular formula is C22H36N4O4S. The summed E-state index contributed by atoms with van der Waals surface area (Å²) in [7, 11) is -3.44. The largest absolute Gasteiger partial charge is 0.350 e. The Morgan fingerprint density at radius 1 is 0.903 bits per heavy atom. The first-order chi connectivity index (χ1) is 14.9. The van der Waals surface area contributed by atoms with Crippen LogP contribution in [0.4, 0.5) is 4.79 Å². The Bertz CT molecular complexity index is 796. The highest BCUT2D eigenvalue weighted by molar-refractivity contribution is 7.89. The number of piperidine rings is 3. The molecule has 1 aliphatic carbocycles. The second-order valence-corrected chi connectivity index (χ2v) is 11.8. The molecular weight excluding hydrogens is 416 g/mol. The summed E-state index contributed by atoms with van der Waals surface area (Å²) in [5, 5.41) is 2.54. The van der Waals surface area contributed by atoms with Crippen LogP contribution in [-0.2, 0) is 14.8 Å². The number of carbonyl (C=O) groups is 2. The second kappa shape index (κ2) is 9.10. The van der Waals surface area contributed by atoms with Gasteiger partial charge < -0.3 is 15.1 Å². The third kappa shape index (κ3) is 4.49. The molecule has 3 heterocycles. The van der Waals surface area contributed by atoms with Crippen molar-refractivity contribution >= 4 is 22.0 Å². The van der Waals surface area contributed by atoms with E-state index >= 15 is 0 Å². The Morgan fingerprint density at radius 2 is 1.55 bits per heavy atom. The molecule has 4 rings (SSSR count). The van der Waals surface area contributed by atoms with E-state index in [4.69, 9.17) is 0 Å². The summed E-state index contributed by atoms with van der Waals surface area (Å²) in [6.45, 7) is 6.62. The molecule has 4 fully saturated rings. The van der Waals surface area contributed by atoms with Crippen LogP contribution in [0.2, 0.25) is 0 Å². The Hall–Kier alpha value is -1.61. The number of rotatable bonds is 4. The Morgan fingerprint density at radius 3 is 2.13 bits per heavy atom. The highest BCUT2D eigenvalue weighted by atomic mass is 32.2. The topological polar surface area (TPSA) is 90.0 Å². The molecule has 0 radical (unpaired) electrons. The quantitative estimate of drug-likeness (QED) is 0.662. The van der Waals surface area contributed by atoms with Crippen LogP contribution in [0.3, 0.4) is 0 Å². The van der Waals surface area contributed by atoms with Gasteiger partial charge in [-0.05, 0) is 70.3 Å². The molecule has 4 aliphatic rings. The fraction of sp³-hybridized carbons (Fsp3) is 0.818. The van der Waals surface area contributed by atoms with Crippen LogP contribution in [0.5, 0.6) is 0 Å². The van der Waals surface area contributed by atoms with Crippen LogP contribution in [0.1, 0.15) is 64.2 Å². The Balaban J connectivity index is 1.38. The predicted molar refractivity (Wildman–Crippen MR) is 119 cm³/mol. The first kappa shape index (κ1) is 22.6. The molecule has 9 heteroatoms. The van der Waals surface area contributed by atoms with Gasteiger partial charge in [0.2, 0.25) is 15.9 Å². The number of likely N-dealkylation sites (tertiary alicyclic amines) is 2. The van der Waals surface area contributed by atoms with Crippen LogP contribution in [0.25, 0.3) is 0 Å². The van der Waals surface area contributed by atoms with Gasteiger partial charge in [-0.15, -0.1) is 0 Å². The first-order valence-corrected chi connectivity index (χ1v) is 13.3. The molecule has 1 unspecified atom stereocenters. The number of nitrogens with zero attached hydrogens (tertiary/aromatic N) is 3. The fourth-order valence-electron chi connectivity index (χ4n) is 5.80. The van der Waals surface area contributed by atoms with Gasteiger partial charge in [-0.2, -0.15) is 4.31 Å². The lowest BCUT2D eigenvalue weighted by atomic mass is 9.70. The van der Waals surface area contributed by atoms with Gasteiger partial charge in [-0.25, -0.2) is 13.2 Å². The normalized spacial score (nSPS) is 27.5. The minimum absolute atomic E-state index is 0.00117. The average molecular weight is 453 g/mol. The van der Waals surface area contributed by atoms with Crippen LogP contribution in [-0.4, -0.2) is 84.0 Å². The summed E-state index contributed by atoms with van der Waals surface area (Å²) in [6, 6.07) is 0.0750. The van der Waals surface area contributed by atoms with Crippen molar-refractivity contribution in [2.24, 2.45) is 0 Å². The molecule has 1 N–H and O–H groups in total. The Labute approximate surface area is 186 Å². The number of sulfonamides is 1. The second-order valence-electron chi connectivity index (χ2n) is 9.61. The average Bonchev–Trinajstić information content (AvgIpc) is 2.78. The monoisotopic (exact) mass is 452 g/mol.